The standard InChI is InChI=1S/C27H26N2O4S/c1-16-6-11-20(14-17(16)2)29-34(32,33)21-12-13-25-24(15-21)22-4-3-5-23(22)26(28-25)18-7-9-19(10-8-18)27(30)31/h3-4,6-15,22-23,26,28-29H,5H2,1-2H3,(H,30,31)/t22-,23-,26+/m1/s1. The molecule has 5 rings (SSSR count). The van der Waals surface area contributed by atoms with E-state index in [0.717, 1.165) is 34.4 Å². The predicted octanol–water partition coefficient (Wildman–Crippen LogP) is 5.63. The number of benzene rings is 3. The lowest BCUT2D eigenvalue weighted by molar-refractivity contribution is 0.0697. The third-order valence-electron chi connectivity index (χ3n) is 6.92. The number of carbonyl (C=O) groups is 1. The van der Waals surface area contributed by atoms with E-state index >= 15 is 0 Å². The third-order valence-corrected chi connectivity index (χ3v) is 8.30. The first-order valence-corrected chi connectivity index (χ1v) is 12.7. The fraction of sp³-hybridized carbons (Fsp3) is 0.222. The van der Waals surface area contributed by atoms with Crippen LogP contribution in [0.1, 0.15) is 51.0 Å². The van der Waals surface area contributed by atoms with E-state index in [2.05, 4.69) is 22.2 Å². The fourth-order valence-corrected chi connectivity index (χ4v) is 6.01. The van der Waals surface area contributed by atoms with Crippen molar-refractivity contribution < 1.29 is 18.3 Å². The lowest BCUT2D eigenvalue weighted by Crippen LogP contribution is -2.29. The summed E-state index contributed by atoms with van der Waals surface area (Å²) in [5, 5.41) is 12.8. The Labute approximate surface area is 199 Å². The Morgan fingerprint density at radius 1 is 1.00 bits per heavy atom. The zero-order valence-electron chi connectivity index (χ0n) is 18.9. The molecule has 7 heteroatoms. The van der Waals surface area contributed by atoms with Crippen molar-refractivity contribution in [1.29, 1.82) is 0 Å². The number of rotatable bonds is 5. The molecule has 34 heavy (non-hydrogen) atoms. The maximum absolute atomic E-state index is 13.2. The van der Waals surface area contributed by atoms with Crippen LogP contribution in [-0.4, -0.2) is 19.5 Å². The monoisotopic (exact) mass is 474 g/mol. The molecule has 3 aromatic rings. The number of nitrogens with one attached hydrogen (secondary N) is 2. The van der Waals surface area contributed by atoms with Crippen LogP contribution in [0.25, 0.3) is 0 Å². The number of aromatic carboxylic acids is 1. The van der Waals surface area contributed by atoms with E-state index < -0.39 is 16.0 Å². The number of carboxylic acids is 1. The van der Waals surface area contributed by atoms with E-state index in [4.69, 9.17) is 0 Å². The number of hydrogen-bond acceptors (Lipinski definition) is 4. The van der Waals surface area contributed by atoms with Crippen LogP contribution in [0.2, 0.25) is 0 Å². The molecule has 0 aromatic heterocycles. The first-order chi connectivity index (χ1) is 16.2. The highest BCUT2D eigenvalue weighted by molar-refractivity contribution is 7.92. The van der Waals surface area contributed by atoms with Gasteiger partial charge < -0.3 is 10.4 Å². The van der Waals surface area contributed by atoms with E-state index in [-0.39, 0.29) is 28.3 Å². The third kappa shape index (κ3) is 3.96. The summed E-state index contributed by atoms with van der Waals surface area (Å²) in [5.41, 5.74) is 5.80. The first kappa shape index (κ1) is 22.2. The second-order valence-corrected chi connectivity index (χ2v) is 10.7. The average molecular weight is 475 g/mol. The highest BCUT2D eigenvalue weighted by Crippen LogP contribution is 2.50. The Morgan fingerprint density at radius 3 is 2.47 bits per heavy atom. The van der Waals surface area contributed by atoms with Crippen LogP contribution in [0.4, 0.5) is 11.4 Å². The summed E-state index contributed by atoms with van der Waals surface area (Å²) in [6.07, 6.45) is 5.15. The van der Waals surface area contributed by atoms with E-state index in [9.17, 15) is 18.3 Å². The number of anilines is 2. The van der Waals surface area contributed by atoms with Crippen molar-refractivity contribution >= 4 is 27.4 Å². The largest absolute Gasteiger partial charge is 0.478 e. The predicted molar refractivity (Wildman–Crippen MR) is 133 cm³/mol. The average Bonchev–Trinajstić information content (AvgIpc) is 3.31. The van der Waals surface area contributed by atoms with Crippen molar-refractivity contribution in [3.05, 3.63) is 101 Å². The van der Waals surface area contributed by atoms with Crippen LogP contribution < -0.4 is 10.0 Å². The SMILES string of the molecule is Cc1ccc(NS(=O)(=O)c2ccc3c(c2)[C@@H]2C=CC[C@H]2[C@H](c2ccc(C(=O)O)cc2)N3)cc1C. The number of sulfonamides is 1. The van der Waals surface area contributed by atoms with Crippen LogP contribution in [-0.2, 0) is 10.0 Å². The Balaban J connectivity index is 1.46. The molecule has 3 N–H and O–H groups in total. The van der Waals surface area contributed by atoms with Crippen molar-refractivity contribution in [2.24, 2.45) is 5.92 Å². The van der Waals surface area contributed by atoms with Gasteiger partial charge in [0.1, 0.15) is 0 Å². The smallest absolute Gasteiger partial charge is 0.335 e. The van der Waals surface area contributed by atoms with E-state index in [1.807, 2.05) is 44.2 Å². The summed E-state index contributed by atoms with van der Waals surface area (Å²) in [4.78, 5) is 11.4. The summed E-state index contributed by atoms with van der Waals surface area (Å²) in [5.74, 6) is -0.650. The van der Waals surface area contributed by atoms with E-state index in [0.29, 0.717) is 5.69 Å². The summed E-state index contributed by atoms with van der Waals surface area (Å²) >= 11 is 0. The van der Waals surface area contributed by atoms with Gasteiger partial charge >= 0.3 is 5.97 Å². The van der Waals surface area contributed by atoms with Gasteiger partial charge in [-0.2, -0.15) is 0 Å². The summed E-state index contributed by atoms with van der Waals surface area (Å²) in [6.45, 7) is 3.94. The lowest BCUT2D eigenvalue weighted by Gasteiger charge is -2.37. The Morgan fingerprint density at radius 2 is 1.76 bits per heavy atom. The summed E-state index contributed by atoms with van der Waals surface area (Å²) < 4.78 is 29.0. The van der Waals surface area contributed by atoms with Gasteiger partial charge in [-0.25, -0.2) is 13.2 Å². The van der Waals surface area contributed by atoms with Gasteiger partial charge in [-0.1, -0.05) is 30.4 Å². The maximum Gasteiger partial charge on any atom is 0.335 e. The first-order valence-electron chi connectivity index (χ1n) is 11.2. The molecular weight excluding hydrogens is 448 g/mol. The van der Waals surface area contributed by atoms with Gasteiger partial charge in [0, 0.05) is 17.3 Å². The van der Waals surface area contributed by atoms with Crippen LogP contribution in [0.5, 0.6) is 0 Å². The van der Waals surface area contributed by atoms with Crippen molar-refractivity contribution in [3.8, 4) is 0 Å². The summed E-state index contributed by atoms with van der Waals surface area (Å²) in [7, 11) is -3.74. The van der Waals surface area contributed by atoms with Crippen molar-refractivity contribution in [1.82, 2.24) is 0 Å². The van der Waals surface area contributed by atoms with Gasteiger partial charge in [0.25, 0.3) is 10.0 Å². The normalized spacial score (nSPS) is 20.8. The highest BCUT2D eigenvalue weighted by atomic mass is 32.2. The molecule has 1 aliphatic carbocycles. The van der Waals surface area contributed by atoms with Crippen molar-refractivity contribution in [3.63, 3.8) is 0 Å². The number of carboxylic acid groups (broad SMARTS) is 1. The Kier molecular flexibility index (Phi) is 5.44. The van der Waals surface area contributed by atoms with Crippen molar-refractivity contribution in [2.45, 2.75) is 37.1 Å². The van der Waals surface area contributed by atoms with Gasteiger partial charge in [-0.3, -0.25) is 4.72 Å². The fourth-order valence-electron chi connectivity index (χ4n) is 4.92. The number of allylic oxidation sites excluding steroid dienone is 2. The van der Waals surface area contributed by atoms with Gasteiger partial charge in [0.2, 0.25) is 0 Å². The molecule has 0 saturated carbocycles. The van der Waals surface area contributed by atoms with E-state index in [1.165, 1.54) is 0 Å². The minimum atomic E-state index is -3.74. The van der Waals surface area contributed by atoms with Gasteiger partial charge in [-0.15, -0.1) is 0 Å². The molecule has 0 fully saturated rings. The minimum Gasteiger partial charge on any atom is -0.478 e. The molecule has 0 saturated heterocycles. The molecule has 1 aliphatic heterocycles. The molecule has 0 amide bonds. The molecular formula is C27H26N2O4S. The molecule has 3 aromatic carbocycles. The molecule has 3 atom stereocenters. The van der Waals surface area contributed by atoms with Gasteiger partial charge in [0.15, 0.2) is 0 Å². The molecule has 6 nitrogen and oxygen atoms in total. The number of aryl methyl sites for hydroxylation is 2. The molecule has 0 radical (unpaired) electrons. The summed E-state index contributed by atoms with van der Waals surface area (Å²) in [6, 6.07) is 17.7. The minimum absolute atomic E-state index is 0.00598. The Hall–Kier alpha value is -3.58. The molecule has 0 spiro atoms. The zero-order chi connectivity index (χ0) is 24.0. The van der Waals surface area contributed by atoms with Crippen LogP contribution in [0, 0.1) is 19.8 Å². The lowest BCUT2D eigenvalue weighted by atomic mass is 9.77. The second kappa shape index (κ2) is 8.33. The van der Waals surface area contributed by atoms with Crippen LogP contribution in [0.3, 0.4) is 0 Å². The zero-order valence-corrected chi connectivity index (χ0v) is 19.8. The maximum atomic E-state index is 13.2. The second-order valence-electron chi connectivity index (χ2n) is 9.06. The van der Waals surface area contributed by atoms with E-state index in [1.54, 1.807) is 30.3 Å². The van der Waals surface area contributed by atoms with Gasteiger partial charge in [-0.05, 0) is 90.9 Å². The molecule has 2 aliphatic rings. The number of fused-ring (bicyclic) bond motifs is 3. The molecule has 174 valence electrons. The molecule has 1 heterocycles. The molecule has 0 unspecified atom stereocenters. The molecule has 0 bridgehead atoms. The van der Waals surface area contributed by atoms with Crippen LogP contribution in [0.15, 0.2) is 77.7 Å². The highest BCUT2D eigenvalue weighted by Gasteiger charge is 2.38. The topological polar surface area (TPSA) is 95.5 Å². The van der Waals surface area contributed by atoms with Crippen molar-refractivity contribution in [2.75, 3.05) is 10.0 Å². The van der Waals surface area contributed by atoms with Crippen LogP contribution >= 0.6 is 0 Å². The van der Waals surface area contributed by atoms with Gasteiger partial charge in [0.05, 0.1) is 16.5 Å². The quantitative estimate of drug-likeness (QED) is 0.417. The number of hydrogen-bond donors (Lipinski definition) is 3. The Bertz CT molecular complexity index is 1410.